The number of isothiocyanates is 1. The van der Waals surface area contributed by atoms with E-state index in [0.29, 0.717) is 0 Å². The van der Waals surface area contributed by atoms with Gasteiger partial charge < -0.3 is 0 Å². The van der Waals surface area contributed by atoms with Crippen LogP contribution in [0.25, 0.3) is 0 Å². The van der Waals surface area contributed by atoms with E-state index in [-0.39, 0.29) is 0 Å². The van der Waals surface area contributed by atoms with Crippen LogP contribution in [-0.4, -0.2) is 32.8 Å². The molecule has 1 aromatic carbocycles. The highest BCUT2D eigenvalue weighted by molar-refractivity contribution is 7.78. The number of benzene rings is 1. The van der Waals surface area contributed by atoms with Gasteiger partial charge in [0.05, 0.1) is 32.8 Å². The van der Waals surface area contributed by atoms with E-state index in [0.717, 1.165) is 17.4 Å². The molecule has 3 heteroatoms. The van der Waals surface area contributed by atoms with Gasteiger partial charge in [-0.2, -0.15) is 0 Å². The van der Waals surface area contributed by atoms with E-state index in [1.54, 1.807) is 0 Å². The SMILES string of the molecule is C[N+](C)(C)c1ccc(CCN=C=S)cc1. The summed E-state index contributed by atoms with van der Waals surface area (Å²) in [7, 11) is 6.47. The van der Waals surface area contributed by atoms with Gasteiger partial charge in [0, 0.05) is 0 Å². The predicted octanol–water partition coefficient (Wildman–Crippen LogP) is 2.53. The summed E-state index contributed by atoms with van der Waals surface area (Å²) in [5, 5.41) is 2.38. The number of hydrogen-bond acceptors (Lipinski definition) is 2. The van der Waals surface area contributed by atoms with Crippen LogP contribution in [0.3, 0.4) is 0 Å². The second-order valence-electron chi connectivity index (χ2n) is 4.40. The van der Waals surface area contributed by atoms with Crippen LogP contribution in [0.1, 0.15) is 5.56 Å². The first-order valence-electron chi connectivity index (χ1n) is 4.98. The van der Waals surface area contributed by atoms with Crippen LogP contribution in [0.15, 0.2) is 29.3 Å². The third-order valence-corrected chi connectivity index (χ3v) is 2.42. The van der Waals surface area contributed by atoms with Gasteiger partial charge in [0.25, 0.3) is 0 Å². The monoisotopic (exact) mass is 221 g/mol. The van der Waals surface area contributed by atoms with Gasteiger partial charge >= 0.3 is 0 Å². The number of quaternary nitrogens is 1. The van der Waals surface area contributed by atoms with Crippen molar-refractivity contribution in [3.8, 4) is 0 Å². The lowest BCUT2D eigenvalue weighted by atomic mass is 10.1. The molecule has 0 N–H and O–H groups in total. The molecule has 0 heterocycles. The average molecular weight is 221 g/mol. The molecule has 1 aromatic rings. The van der Waals surface area contributed by atoms with E-state index >= 15 is 0 Å². The molecule has 0 aliphatic rings. The fourth-order valence-corrected chi connectivity index (χ4v) is 1.43. The van der Waals surface area contributed by atoms with E-state index in [2.05, 4.69) is 67.8 Å². The molecule has 0 aliphatic carbocycles. The second-order valence-corrected chi connectivity index (χ2v) is 4.58. The number of aliphatic imine (C=N–C) groups is 1. The molecule has 80 valence electrons. The maximum absolute atomic E-state index is 4.52. The Kier molecular flexibility index (Phi) is 4.15. The highest BCUT2D eigenvalue weighted by Crippen LogP contribution is 2.17. The Bertz CT molecular complexity index is 356. The van der Waals surface area contributed by atoms with Crippen molar-refractivity contribution < 1.29 is 0 Å². The summed E-state index contributed by atoms with van der Waals surface area (Å²) in [6, 6.07) is 8.63. The summed E-state index contributed by atoms with van der Waals surface area (Å²) in [4.78, 5) is 3.90. The number of nitrogens with zero attached hydrogens (tertiary/aromatic N) is 2. The molecular weight excluding hydrogens is 204 g/mol. The van der Waals surface area contributed by atoms with Crippen LogP contribution in [0.5, 0.6) is 0 Å². The van der Waals surface area contributed by atoms with Gasteiger partial charge in [-0.3, -0.25) is 4.48 Å². The molecule has 0 unspecified atom stereocenters. The average Bonchev–Trinajstić information content (AvgIpc) is 2.18. The second kappa shape index (κ2) is 5.17. The molecule has 0 amide bonds. The quantitative estimate of drug-likeness (QED) is 0.432. The minimum absolute atomic E-state index is 0.729. The molecule has 0 saturated carbocycles. The van der Waals surface area contributed by atoms with Gasteiger partial charge in [-0.1, -0.05) is 12.1 Å². The summed E-state index contributed by atoms with van der Waals surface area (Å²) in [6.07, 6.45) is 0.932. The van der Waals surface area contributed by atoms with Crippen molar-refractivity contribution in [2.75, 3.05) is 27.7 Å². The summed E-state index contributed by atoms with van der Waals surface area (Å²) < 4.78 is 0.846. The smallest absolute Gasteiger partial charge is 0.132 e. The molecule has 0 fully saturated rings. The Hall–Kier alpha value is -1.02. The summed E-state index contributed by atoms with van der Waals surface area (Å²) in [6.45, 7) is 0.729. The molecule has 2 nitrogen and oxygen atoms in total. The third kappa shape index (κ3) is 3.92. The zero-order valence-corrected chi connectivity index (χ0v) is 10.3. The Morgan fingerprint density at radius 1 is 1.20 bits per heavy atom. The predicted molar refractivity (Wildman–Crippen MR) is 69.6 cm³/mol. The molecule has 1 rings (SSSR count). The lowest BCUT2D eigenvalue weighted by Crippen LogP contribution is -2.34. The van der Waals surface area contributed by atoms with Crippen LogP contribution in [0.2, 0.25) is 0 Å². The van der Waals surface area contributed by atoms with E-state index in [1.807, 2.05) is 0 Å². The van der Waals surface area contributed by atoms with Crippen molar-refractivity contribution >= 4 is 23.1 Å². The Labute approximate surface area is 96.8 Å². The van der Waals surface area contributed by atoms with Gasteiger partial charge in [-0.25, -0.2) is 4.99 Å². The first kappa shape index (κ1) is 12.1. The maximum Gasteiger partial charge on any atom is 0.132 e. The van der Waals surface area contributed by atoms with Gasteiger partial charge in [0.1, 0.15) is 5.69 Å². The first-order valence-corrected chi connectivity index (χ1v) is 5.39. The number of thiocarbonyl (C=S) groups is 1. The van der Waals surface area contributed by atoms with Crippen molar-refractivity contribution in [1.82, 2.24) is 4.48 Å². The normalized spacial score (nSPS) is 10.9. The van der Waals surface area contributed by atoms with E-state index in [4.69, 9.17) is 0 Å². The molecular formula is C12H17N2S+. The van der Waals surface area contributed by atoms with E-state index in [9.17, 15) is 0 Å². The van der Waals surface area contributed by atoms with Crippen molar-refractivity contribution in [2.45, 2.75) is 6.42 Å². The summed E-state index contributed by atoms with van der Waals surface area (Å²) in [5.41, 5.74) is 2.60. The highest BCUT2D eigenvalue weighted by Gasteiger charge is 2.10. The van der Waals surface area contributed by atoms with Crippen molar-refractivity contribution in [3.05, 3.63) is 29.8 Å². The minimum Gasteiger partial charge on any atom is -0.298 e. The fourth-order valence-electron chi connectivity index (χ4n) is 1.34. The maximum atomic E-state index is 4.52. The minimum atomic E-state index is 0.729. The topological polar surface area (TPSA) is 12.4 Å². The summed E-state index contributed by atoms with van der Waals surface area (Å²) in [5.74, 6) is 0. The van der Waals surface area contributed by atoms with Crippen molar-refractivity contribution in [2.24, 2.45) is 4.99 Å². The van der Waals surface area contributed by atoms with Gasteiger partial charge in [-0.05, 0) is 36.3 Å². The van der Waals surface area contributed by atoms with Gasteiger partial charge in [0.15, 0.2) is 0 Å². The van der Waals surface area contributed by atoms with Crippen LogP contribution >= 0.6 is 12.2 Å². The number of hydrogen-bond donors (Lipinski definition) is 0. The van der Waals surface area contributed by atoms with Crippen LogP contribution in [-0.2, 0) is 6.42 Å². The fraction of sp³-hybridized carbons (Fsp3) is 0.417. The van der Waals surface area contributed by atoms with E-state index in [1.165, 1.54) is 11.3 Å². The highest BCUT2D eigenvalue weighted by atomic mass is 32.1. The zero-order chi connectivity index (χ0) is 11.3. The third-order valence-electron chi connectivity index (χ3n) is 2.29. The largest absolute Gasteiger partial charge is 0.298 e. The lowest BCUT2D eigenvalue weighted by Gasteiger charge is -2.23. The van der Waals surface area contributed by atoms with Crippen LogP contribution < -0.4 is 4.48 Å². The van der Waals surface area contributed by atoms with Crippen molar-refractivity contribution in [1.29, 1.82) is 0 Å². The Morgan fingerprint density at radius 2 is 1.80 bits per heavy atom. The molecule has 0 radical (unpaired) electrons. The Morgan fingerprint density at radius 3 is 2.27 bits per heavy atom. The zero-order valence-electron chi connectivity index (χ0n) is 9.53. The van der Waals surface area contributed by atoms with Gasteiger partial charge in [-0.15, -0.1) is 0 Å². The first-order chi connectivity index (χ1) is 7.04. The molecule has 0 spiro atoms. The molecule has 0 aliphatic heterocycles. The molecule has 0 atom stereocenters. The van der Waals surface area contributed by atoms with Crippen LogP contribution in [0, 0.1) is 0 Å². The van der Waals surface area contributed by atoms with Gasteiger partial charge in [0.2, 0.25) is 0 Å². The molecule has 15 heavy (non-hydrogen) atoms. The van der Waals surface area contributed by atoms with Crippen LogP contribution in [0.4, 0.5) is 5.69 Å². The van der Waals surface area contributed by atoms with Crippen molar-refractivity contribution in [3.63, 3.8) is 0 Å². The summed E-state index contributed by atoms with van der Waals surface area (Å²) >= 11 is 4.52. The number of rotatable bonds is 4. The van der Waals surface area contributed by atoms with E-state index < -0.39 is 0 Å². The molecule has 0 bridgehead atoms. The Balaban J connectivity index is 2.68. The standard InChI is InChI=1S/C12H17N2S/c1-14(2,3)12-6-4-11(5-7-12)8-9-13-10-15/h4-7H,8-9H2,1-3H3/q+1. The lowest BCUT2D eigenvalue weighted by molar-refractivity contribution is 0.486. The molecule has 0 saturated heterocycles. The molecule has 0 aromatic heterocycles.